The van der Waals surface area contributed by atoms with Gasteiger partial charge in [-0.1, -0.05) is 0 Å². The van der Waals surface area contributed by atoms with Gasteiger partial charge >= 0.3 is 5.97 Å². The van der Waals surface area contributed by atoms with Gasteiger partial charge in [-0.3, -0.25) is 10.1 Å². The Hall–Kier alpha value is -2.05. The molecule has 0 spiro atoms. The Morgan fingerprint density at radius 2 is 2.12 bits per heavy atom. The van der Waals surface area contributed by atoms with E-state index in [4.69, 9.17) is 5.11 Å². The Morgan fingerprint density at radius 1 is 1.56 bits per heavy atom. The maximum atomic E-state index is 13.5. The number of nitro groups is 1. The Kier molecular flexibility index (Phi) is 2.88. The van der Waals surface area contributed by atoms with Crippen molar-refractivity contribution in [3.05, 3.63) is 39.7 Å². The molecule has 5 nitrogen and oxygen atoms in total. The molecule has 0 aliphatic carbocycles. The highest BCUT2D eigenvalue weighted by Crippen LogP contribution is 2.30. The maximum Gasteiger partial charge on any atom is 0.346 e. The zero-order valence-electron chi connectivity index (χ0n) is 8.11. The summed E-state index contributed by atoms with van der Waals surface area (Å²) in [5, 5.41) is 18.8. The Balaban J connectivity index is 3.28. The van der Waals surface area contributed by atoms with Crippen LogP contribution in [0.1, 0.15) is 12.5 Å². The summed E-state index contributed by atoms with van der Waals surface area (Å²) in [5.74, 6) is -3.12. The first-order valence-electron chi connectivity index (χ1n) is 4.13. The lowest BCUT2D eigenvalue weighted by molar-refractivity contribution is -0.385. The number of carbonyl (C=O) groups is 1. The standard InChI is InChI=1S/C9H7F2NO4/c1-9(11,8(13)14)6-3-2-5(12(15)16)4-7(6)10/h2-4H,1H3,(H,13,14). The molecule has 0 amide bonds. The fraction of sp³-hybridized carbons (Fsp3) is 0.222. The van der Waals surface area contributed by atoms with E-state index >= 15 is 0 Å². The molecule has 1 aromatic carbocycles. The summed E-state index contributed by atoms with van der Waals surface area (Å²) in [6, 6.07) is 2.08. The lowest BCUT2D eigenvalue weighted by Gasteiger charge is -2.15. The van der Waals surface area contributed by atoms with E-state index in [1.165, 1.54) is 0 Å². The van der Waals surface area contributed by atoms with Gasteiger partial charge in [0.05, 0.1) is 11.0 Å². The van der Waals surface area contributed by atoms with E-state index in [9.17, 15) is 23.7 Å². The highest BCUT2D eigenvalue weighted by atomic mass is 19.1. The smallest absolute Gasteiger partial charge is 0.346 e. The lowest BCUT2D eigenvalue weighted by Crippen LogP contribution is -2.28. The quantitative estimate of drug-likeness (QED) is 0.637. The van der Waals surface area contributed by atoms with Gasteiger partial charge < -0.3 is 5.11 Å². The number of non-ortho nitro benzene ring substituents is 1. The third kappa shape index (κ3) is 1.97. The van der Waals surface area contributed by atoms with E-state index in [2.05, 4.69) is 0 Å². The number of nitrogens with zero attached hydrogens (tertiary/aromatic N) is 1. The average molecular weight is 231 g/mol. The summed E-state index contributed by atoms with van der Waals surface area (Å²) in [7, 11) is 0. The fourth-order valence-electron chi connectivity index (χ4n) is 1.11. The number of hydrogen-bond acceptors (Lipinski definition) is 3. The van der Waals surface area contributed by atoms with E-state index in [0.717, 1.165) is 12.1 Å². The minimum absolute atomic E-state index is 0.482. The van der Waals surface area contributed by atoms with E-state index < -0.39 is 33.6 Å². The van der Waals surface area contributed by atoms with E-state index in [0.29, 0.717) is 13.0 Å². The van der Waals surface area contributed by atoms with Crippen molar-refractivity contribution in [1.82, 2.24) is 0 Å². The number of alkyl halides is 1. The maximum absolute atomic E-state index is 13.5. The van der Waals surface area contributed by atoms with Crippen molar-refractivity contribution >= 4 is 11.7 Å². The van der Waals surface area contributed by atoms with Crippen molar-refractivity contribution in [3.63, 3.8) is 0 Å². The molecule has 86 valence electrons. The monoisotopic (exact) mass is 231 g/mol. The molecule has 0 bridgehead atoms. The molecule has 0 heterocycles. The minimum Gasteiger partial charge on any atom is -0.479 e. The van der Waals surface area contributed by atoms with Crippen molar-refractivity contribution in [2.75, 3.05) is 0 Å². The number of halogens is 2. The first kappa shape index (κ1) is 12.0. The molecule has 0 saturated heterocycles. The van der Waals surface area contributed by atoms with Gasteiger partial charge in [0.25, 0.3) is 5.69 Å². The van der Waals surface area contributed by atoms with Gasteiger partial charge in [0.2, 0.25) is 5.67 Å². The minimum atomic E-state index is -2.92. The van der Waals surface area contributed by atoms with E-state index in [-0.39, 0.29) is 0 Å². The summed E-state index contributed by atoms with van der Waals surface area (Å²) in [4.78, 5) is 19.9. The molecule has 1 unspecified atom stereocenters. The predicted octanol–water partition coefficient (Wildman–Crippen LogP) is 2.00. The van der Waals surface area contributed by atoms with Crippen LogP contribution in [-0.4, -0.2) is 16.0 Å². The summed E-state index contributed by atoms with van der Waals surface area (Å²) < 4.78 is 26.8. The number of carboxylic acids is 1. The van der Waals surface area contributed by atoms with Crippen LogP contribution in [0.2, 0.25) is 0 Å². The van der Waals surface area contributed by atoms with Crippen LogP contribution in [0.3, 0.4) is 0 Å². The van der Waals surface area contributed by atoms with Crippen molar-refractivity contribution in [2.45, 2.75) is 12.6 Å². The second-order valence-electron chi connectivity index (χ2n) is 3.23. The van der Waals surface area contributed by atoms with Crippen molar-refractivity contribution in [1.29, 1.82) is 0 Å². The molecule has 0 saturated carbocycles. The molecule has 0 aliphatic heterocycles. The zero-order valence-corrected chi connectivity index (χ0v) is 8.11. The van der Waals surface area contributed by atoms with Crippen LogP contribution in [-0.2, 0) is 10.5 Å². The number of benzene rings is 1. The van der Waals surface area contributed by atoms with E-state index in [1.807, 2.05) is 0 Å². The van der Waals surface area contributed by atoms with E-state index in [1.54, 1.807) is 0 Å². The molecular formula is C9H7F2NO4. The molecule has 0 radical (unpaired) electrons. The van der Waals surface area contributed by atoms with Crippen molar-refractivity contribution < 1.29 is 23.6 Å². The van der Waals surface area contributed by atoms with Crippen LogP contribution >= 0.6 is 0 Å². The predicted molar refractivity (Wildman–Crippen MR) is 49.2 cm³/mol. The van der Waals surface area contributed by atoms with Crippen LogP contribution in [0.5, 0.6) is 0 Å². The van der Waals surface area contributed by atoms with Gasteiger partial charge in [-0.25, -0.2) is 13.6 Å². The second kappa shape index (κ2) is 3.84. The molecule has 1 aromatic rings. The Bertz CT molecular complexity index is 459. The van der Waals surface area contributed by atoms with Crippen LogP contribution in [0, 0.1) is 15.9 Å². The summed E-state index contributed by atoms with van der Waals surface area (Å²) >= 11 is 0. The molecule has 16 heavy (non-hydrogen) atoms. The van der Waals surface area contributed by atoms with Crippen molar-refractivity contribution in [2.24, 2.45) is 0 Å². The summed E-state index contributed by atoms with van der Waals surface area (Å²) in [6.45, 7) is 0.666. The molecular weight excluding hydrogens is 224 g/mol. The van der Waals surface area contributed by atoms with Gasteiger partial charge in [-0.05, 0) is 13.0 Å². The first-order valence-corrected chi connectivity index (χ1v) is 4.13. The fourth-order valence-corrected chi connectivity index (χ4v) is 1.11. The number of rotatable bonds is 3. The number of carboxylic acid groups (broad SMARTS) is 1. The Morgan fingerprint density at radius 3 is 2.50 bits per heavy atom. The number of aliphatic carboxylic acids is 1. The highest BCUT2D eigenvalue weighted by Gasteiger charge is 2.38. The van der Waals surface area contributed by atoms with Crippen LogP contribution < -0.4 is 0 Å². The average Bonchev–Trinajstić information content (AvgIpc) is 2.16. The highest BCUT2D eigenvalue weighted by molar-refractivity contribution is 5.78. The second-order valence-corrected chi connectivity index (χ2v) is 3.23. The van der Waals surface area contributed by atoms with Gasteiger partial charge in [0.15, 0.2) is 0 Å². The number of nitro benzene ring substituents is 1. The molecule has 1 N–H and O–H groups in total. The van der Waals surface area contributed by atoms with Crippen molar-refractivity contribution in [3.8, 4) is 0 Å². The van der Waals surface area contributed by atoms with Gasteiger partial charge in [-0.2, -0.15) is 0 Å². The Labute approximate surface area is 88.5 Å². The molecule has 7 heteroatoms. The third-order valence-electron chi connectivity index (χ3n) is 2.07. The number of hydrogen-bond donors (Lipinski definition) is 1. The van der Waals surface area contributed by atoms with Gasteiger partial charge in [0.1, 0.15) is 5.82 Å². The summed E-state index contributed by atoms with van der Waals surface area (Å²) in [6.07, 6.45) is 0. The molecule has 0 aromatic heterocycles. The topological polar surface area (TPSA) is 80.4 Å². The first-order chi connectivity index (χ1) is 7.26. The summed E-state index contributed by atoms with van der Waals surface area (Å²) in [5.41, 5.74) is -4.23. The van der Waals surface area contributed by atoms with Crippen LogP contribution in [0.25, 0.3) is 0 Å². The van der Waals surface area contributed by atoms with Gasteiger partial charge in [-0.15, -0.1) is 0 Å². The molecule has 1 atom stereocenters. The zero-order chi connectivity index (χ0) is 12.5. The van der Waals surface area contributed by atoms with Crippen LogP contribution in [0.4, 0.5) is 14.5 Å². The van der Waals surface area contributed by atoms with Gasteiger partial charge in [0, 0.05) is 11.6 Å². The molecule has 0 aliphatic rings. The van der Waals surface area contributed by atoms with Crippen LogP contribution in [0.15, 0.2) is 18.2 Å². The lowest BCUT2D eigenvalue weighted by atomic mass is 9.97. The third-order valence-corrected chi connectivity index (χ3v) is 2.07. The SMILES string of the molecule is CC(F)(C(=O)O)c1ccc([N+](=O)[O-])cc1F. The molecule has 1 rings (SSSR count). The largest absolute Gasteiger partial charge is 0.479 e. The molecule has 0 fully saturated rings. The normalized spacial score (nSPS) is 14.2.